The van der Waals surface area contributed by atoms with Crippen molar-refractivity contribution in [3.05, 3.63) is 15.9 Å². The van der Waals surface area contributed by atoms with Gasteiger partial charge in [0.25, 0.3) is 5.88 Å². The Hall–Kier alpha value is -1.63. The van der Waals surface area contributed by atoms with E-state index in [0.717, 1.165) is 12.8 Å². The molecule has 0 atom stereocenters. The van der Waals surface area contributed by atoms with Crippen molar-refractivity contribution in [3.8, 4) is 5.88 Å². The fourth-order valence-electron chi connectivity index (χ4n) is 1.68. The first-order chi connectivity index (χ1) is 7.49. The second kappa shape index (κ2) is 3.75. The Morgan fingerprint density at radius 1 is 1.62 bits per heavy atom. The molecule has 16 heavy (non-hydrogen) atoms. The van der Waals surface area contributed by atoms with E-state index in [2.05, 4.69) is 4.98 Å². The van der Waals surface area contributed by atoms with Gasteiger partial charge in [0.15, 0.2) is 0 Å². The number of hydrogen-bond acceptors (Lipinski definition) is 5. The van der Waals surface area contributed by atoms with Crippen molar-refractivity contribution < 1.29 is 9.66 Å². The number of imidazole rings is 1. The Morgan fingerprint density at radius 3 is 2.75 bits per heavy atom. The molecule has 0 aliphatic heterocycles. The Morgan fingerprint density at radius 2 is 2.25 bits per heavy atom. The number of hydrogen-bond donors (Lipinski definition) is 1. The molecular weight excluding hydrogens is 212 g/mol. The second-order valence-electron chi connectivity index (χ2n) is 4.08. The summed E-state index contributed by atoms with van der Waals surface area (Å²) in [6.07, 6.45) is 1.45. The van der Waals surface area contributed by atoms with Crippen molar-refractivity contribution in [2.24, 2.45) is 12.8 Å². The van der Waals surface area contributed by atoms with Gasteiger partial charge in [-0.25, -0.2) is 0 Å². The fourth-order valence-corrected chi connectivity index (χ4v) is 1.68. The zero-order valence-electron chi connectivity index (χ0n) is 9.21. The van der Waals surface area contributed by atoms with Crippen molar-refractivity contribution in [1.29, 1.82) is 0 Å². The molecule has 1 heterocycles. The van der Waals surface area contributed by atoms with E-state index in [0.29, 0.717) is 5.82 Å². The van der Waals surface area contributed by atoms with Crippen LogP contribution in [0.2, 0.25) is 0 Å². The van der Waals surface area contributed by atoms with Crippen LogP contribution in [0.4, 0.5) is 5.82 Å². The SMILES string of the molecule is Cc1nc([N+](=O)[O-])c(OC2CC(N)C2)n1C. The first kappa shape index (κ1) is 10.9. The lowest BCUT2D eigenvalue weighted by atomic mass is 9.90. The Labute approximate surface area is 92.4 Å². The number of aromatic nitrogens is 2. The van der Waals surface area contributed by atoms with E-state index in [1.54, 1.807) is 18.5 Å². The van der Waals surface area contributed by atoms with Crippen molar-refractivity contribution in [2.75, 3.05) is 0 Å². The molecule has 0 unspecified atom stereocenters. The summed E-state index contributed by atoms with van der Waals surface area (Å²) in [6, 6.07) is 0.151. The molecule has 1 aromatic rings. The molecule has 0 amide bonds. The minimum absolute atomic E-state index is 0.0245. The molecule has 2 N–H and O–H groups in total. The van der Waals surface area contributed by atoms with Crippen LogP contribution >= 0.6 is 0 Å². The number of rotatable bonds is 3. The van der Waals surface area contributed by atoms with Crippen LogP contribution in [0.5, 0.6) is 5.88 Å². The highest BCUT2D eigenvalue weighted by Gasteiger charge is 2.33. The molecule has 88 valence electrons. The van der Waals surface area contributed by atoms with E-state index in [9.17, 15) is 10.1 Å². The number of nitro groups is 1. The van der Waals surface area contributed by atoms with Crippen LogP contribution in [0.15, 0.2) is 0 Å². The summed E-state index contributed by atoms with van der Waals surface area (Å²) in [5.41, 5.74) is 5.63. The van der Waals surface area contributed by atoms with Gasteiger partial charge in [-0.1, -0.05) is 0 Å². The highest BCUT2D eigenvalue weighted by atomic mass is 16.6. The molecule has 1 fully saturated rings. The number of ether oxygens (including phenoxy) is 1. The molecule has 0 aromatic carbocycles. The average molecular weight is 226 g/mol. The van der Waals surface area contributed by atoms with Crippen LogP contribution in [0.1, 0.15) is 18.7 Å². The molecule has 2 rings (SSSR count). The van der Waals surface area contributed by atoms with Gasteiger partial charge < -0.3 is 20.6 Å². The lowest BCUT2D eigenvalue weighted by Gasteiger charge is -2.31. The summed E-state index contributed by atoms with van der Waals surface area (Å²) in [7, 11) is 1.70. The molecule has 1 saturated carbocycles. The molecule has 1 aliphatic carbocycles. The molecule has 0 saturated heterocycles. The highest BCUT2D eigenvalue weighted by molar-refractivity contribution is 5.36. The molecule has 7 nitrogen and oxygen atoms in total. The molecular formula is C9H14N4O3. The maximum absolute atomic E-state index is 10.8. The van der Waals surface area contributed by atoms with Gasteiger partial charge in [0.05, 0.1) is 0 Å². The van der Waals surface area contributed by atoms with Crippen LogP contribution in [-0.2, 0) is 7.05 Å². The summed E-state index contributed by atoms with van der Waals surface area (Å²) in [6.45, 7) is 1.70. The van der Waals surface area contributed by atoms with Crippen LogP contribution in [-0.4, -0.2) is 26.6 Å². The van der Waals surface area contributed by atoms with Crippen molar-refractivity contribution in [1.82, 2.24) is 9.55 Å². The Bertz CT molecular complexity index is 423. The Kier molecular flexibility index (Phi) is 2.55. The zero-order chi connectivity index (χ0) is 11.9. The second-order valence-corrected chi connectivity index (χ2v) is 4.08. The number of nitrogens with zero attached hydrogens (tertiary/aromatic N) is 3. The van der Waals surface area contributed by atoms with Crippen LogP contribution in [0, 0.1) is 17.0 Å². The van der Waals surface area contributed by atoms with Crippen LogP contribution < -0.4 is 10.5 Å². The van der Waals surface area contributed by atoms with E-state index in [1.165, 1.54) is 0 Å². The van der Waals surface area contributed by atoms with Crippen molar-refractivity contribution in [2.45, 2.75) is 31.9 Å². The standard InChI is InChI=1S/C9H14N4O3/c1-5-11-8(13(14)15)9(12(5)2)16-7-3-6(10)4-7/h6-7H,3-4,10H2,1-2H3. The van der Waals surface area contributed by atoms with E-state index in [4.69, 9.17) is 10.5 Å². The maximum Gasteiger partial charge on any atom is 0.426 e. The molecule has 0 radical (unpaired) electrons. The fraction of sp³-hybridized carbons (Fsp3) is 0.667. The van der Waals surface area contributed by atoms with Crippen molar-refractivity contribution >= 4 is 5.82 Å². The van der Waals surface area contributed by atoms with Gasteiger partial charge in [-0.15, -0.1) is 0 Å². The van der Waals surface area contributed by atoms with Gasteiger partial charge in [0.1, 0.15) is 6.10 Å². The maximum atomic E-state index is 10.8. The van der Waals surface area contributed by atoms with Gasteiger partial charge in [0.2, 0.25) is 5.82 Å². The van der Waals surface area contributed by atoms with E-state index >= 15 is 0 Å². The van der Waals surface area contributed by atoms with Gasteiger partial charge in [-0.2, -0.15) is 0 Å². The van der Waals surface area contributed by atoms with E-state index < -0.39 is 4.92 Å². The molecule has 0 bridgehead atoms. The lowest BCUT2D eigenvalue weighted by Crippen LogP contribution is -2.43. The van der Waals surface area contributed by atoms with E-state index in [1.807, 2.05) is 0 Å². The third-order valence-corrected chi connectivity index (χ3v) is 2.83. The lowest BCUT2D eigenvalue weighted by molar-refractivity contribution is -0.390. The topological polar surface area (TPSA) is 96.2 Å². The summed E-state index contributed by atoms with van der Waals surface area (Å²) in [5, 5.41) is 10.8. The monoisotopic (exact) mass is 226 g/mol. The zero-order valence-corrected chi connectivity index (χ0v) is 9.21. The number of aryl methyl sites for hydroxylation is 1. The summed E-state index contributed by atoms with van der Waals surface area (Å²) < 4.78 is 7.13. The van der Waals surface area contributed by atoms with Crippen molar-refractivity contribution in [3.63, 3.8) is 0 Å². The minimum atomic E-state index is -0.527. The van der Waals surface area contributed by atoms with Crippen LogP contribution in [0.3, 0.4) is 0 Å². The first-order valence-electron chi connectivity index (χ1n) is 5.09. The minimum Gasteiger partial charge on any atom is -0.469 e. The van der Waals surface area contributed by atoms with Gasteiger partial charge in [0, 0.05) is 20.0 Å². The smallest absolute Gasteiger partial charge is 0.426 e. The van der Waals surface area contributed by atoms with Gasteiger partial charge in [-0.05, 0) is 22.7 Å². The quantitative estimate of drug-likeness (QED) is 0.598. The largest absolute Gasteiger partial charge is 0.469 e. The third-order valence-electron chi connectivity index (χ3n) is 2.83. The predicted molar refractivity (Wildman–Crippen MR) is 56.2 cm³/mol. The summed E-state index contributed by atoms with van der Waals surface area (Å²) in [4.78, 5) is 14.1. The van der Waals surface area contributed by atoms with Crippen LogP contribution in [0.25, 0.3) is 0 Å². The number of nitrogens with two attached hydrogens (primary N) is 1. The summed E-state index contributed by atoms with van der Waals surface area (Å²) >= 11 is 0. The Balaban J connectivity index is 2.21. The summed E-state index contributed by atoms with van der Waals surface area (Å²) in [5.74, 6) is 0.560. The normalized spacial score (nSPS) is 23.9. The first-order valence-corrected chi connectivity index (χ1v) is 5.09. The van der Waals surface area contributed by atoms with Gasteiger partial charge in [-0.3, -0.25) is 4.57 Å². The predicted octanol–water partition coefficient (Wildman–Crippen LogP) is 0.505. The highest BCUT2D eigenvalue weighted by Crippen LogP contribution is 2.31. The molecule has 0 spiro atoms. The molecule has 7 heteroatoms. The van der Waals surface area contributed by atoms with E-state index in [-0.39, 0.29) is 23.8 Å². The average Bonchev–Trinajstić information content (AvgIpc) is 2.43. The molecule has 1 aromatic heterocycles. The molecule has 1 aliphatic rings. The van der Waals surface area contributed by atoms with Gasteiger partial charge >= 0.3 is 5.82 Å². The third kappa shape index (κ3) is 1.73.